The van der Waals surface area contributed by atoms with Crippen molar-refractivity contribution in [1.29, 1.82) is 0 Å². The minimum atomic E-state index is -0.379. The third-order valence-electron chi connectivity index (χ3n) is 2.88. The molecule has 1 saturated carbocycles. The van der Waals surface area contributed by atoms with Crippen LogP contribution < -0.4 is 0 Å². The van der Waals surface area contributed by atoms with Gasteiger partial charge in [-0.2, -0.15) is 0 Å². The minimum Gasteiger partial charge on any atom is -0.258 e. The molecule has 0 radical (unpaired) electrons. The Kier molecular flexibility index (Phi) is 2.63. The zero-order chi connectivity index (χ0) is 11.2. The third kappa shape index (κ3) is 1.83. The Labute approximate surface area is 104 Å². The summed E-state index contributed by atoms with van der Waals surface area (Å²) in [6.07, 6.45) is 0. The van der Waals surface area contributed by atoms with E-state index in [2.05, 4.69) is 38.8 Å². The van der Waals surface area contributed by atoms with Gasteiger partial charge in [0.15, 0.2) is 0 Å². The number of hydrogen-bond donors (Lipinski definition) is 0. The van der Waals surface area contributed by atoms with E-state index in [1.165, 1.54) is 0 Å². The van der Waals surface area contributed by atoms with Crippen molar-refractivity contribution in [2.45, 2.75) is 16.1 Å². The fourth-order valence-corrected chi connectivity index (χ4v) is 3.38. The topological polar surface area (TPSA) is 43.1 Å². The molecule has 1 aliphatic rings. The Morgan fingerprint density at radius 2 is 1.80 bits per heavy atom. The van der Waals surface area contributed by atoms with Crippen LogP contribution in [0, 0.1) is 16.0 Å². The smallest absolute Gasteiger partial charge is 0.258 e. The van der Waals surface area contributed by atoms with Gasteiger partial charge in [-0.15, -0.1) is 0 Å². The summed E-state index contributed by atoms with van der Waals surface area (Å²) in [5.41, 5.74) is 1.27. The molecule has 2 rings (SSSR count). The Bertz CT molecular complexity index is 402. The monoisotopic (exact) mass is 333 g/mol. The number of rotatable bonds is 2. The van der Waals surface area contributed by atoms with Crippen LogP contribution in [0.25, 0.3) is 0 Å². The molecule has 0 bridgehead atoms. The van der Waals surface area contributed by atoms with Crippen molar-refractivity contribution in [3.8, 4) is 0 Å². The van der Waals surface area contributed by atoms with Crippen LogP contribution in [-0.4, -0.2) is 8.16 Å². The van der Waals surface area contributed by atoms with E-state index in [0.29, 0.717) is 11.8 Å². The van der Waals surface area contributed by atoms with Gasteiger partial charge in [0.05, 0.1) is 8.16 Å². The van der Waals surface area contributed by atoms with Crippen LogP contribution in [0.3, 0.4) is 0 Å². The van der Waals surface area contributed by atoms with E-state index in [1.54, 1.807) is 12.1 Å². The van der Waals surface area contributed by atoms with Crippen LogP contribution in [-0.2, 0) is 0 Å². The molecule has 2 unspecified atom stereocenters. The maximum Gasteiger partial charge on any atom is 0.269 e. The lowest BCUT2D eigenvalue weighted by atomic mass is 10.1. The standard InChI is InChI=1S/C10H9Br2NO2/c1-6-9(10(6,11)12)7-2-4-8(5-3-7)13(14)15/h2-6,9H,1H3. The largest absolute Gasteiger partial charge is 0.269 e. The Hall–Kier alpha value is -0.420. The molecule has 5 heteroatoms. The van der Waals surface area contributed by atoms with Gasteiger partial charge in [0.25, 0.3) is 5.69 Å². The predicted molar refractivity (Wildman–Crippen MR) is 65.6 cm³/mol. The van der Waals surface area contributed by atoms with Gasteiger partial charge in [-0.25, -0.2) is 0 Å². The molecule has 1 fully saturated rings. The van der Waals surface area contributed by atoms with Crippen LogP contribution >= 0.6 is 31.9 Å². The van der Waals surface area contributed by atoms with Gasteiger partial charge in [-0.05, 0) is 11.5 Å². The number of halogens is 2. The molecule has 15 heavy (non-hydrogen) atoms. The minimum absolute atomic E-state index is 0.0316. The van der Waals surface area contributed by atoms with Crippen LogP contribution in [0.1, 0.15) is 18.4 Å². The maximum absolute atomic E-state index is 10.5. The Balaban J connectivity index is 2.23. The first kappa shape index (κ1) is 11.1. The number of non-ortho nitro benzene ring substituents is 1. The molecule has 0 spiro atoms. The first-order valence-electron chi connectivity index (χ1n) is 4.56. The van der Waals surface area contributed by atoms with Gasteiger partial charge in [0.2, 0.25) is 0 Å². The van der Waals surface area contributed by atoms with Crippen molar-refractivity contribution in [3.63, 3.8) is 0 Å². The molecule has 0 amide bonds. The van der Waals surface area contributed by atoms with E-state index < -0.39 is 0 Å². The van der Waals surface area contributed by atoms with Crippen molar-refractivity contribution in [2.24, 2.45) is 5.92 Å². The lowest BCUT2D eigenvalue weighted by molar-refractivity contribution is -0.384. The summed E-state index contributed by atoms with van der Waals surface area (Å²) in [6.45, 7) is 2.13. The number of hydrogen-bond acceptors (Lipinski definition) is 2. The summed E-state index contributed by atoms with van der Waals surface area (Å²) < 4.78 is -0.0316. The number of nitrogens with zero attached hydrogens (tertiary/aromatic N) is 1. The van der Waals surface area contributed by atoms with Gasteiger partial charge in [-0.1, -0.05) is 50.9 Å². The molecular formula is C10H9Br2NO2. The predicted octanol–water partition coefficient (Wildman–Crippen LogP) is 3.81. The summed E-state index contributed by atoms with van der Waals surface area (Å²) in [4.78, 5) is 10.1. The van der Waals surface area contributed by atoms with Crippen molar-refractivity contribution in [3.05, 3.63) is 39.9 Å². The number of alkyl halides is 2. The zero-order valence-electron chi connectivity index (χ0n) is 7.98. The Morgan fingerprint density at radius 3 is 2.13 bits per heavy atom. The van der Waals surface area contributed by atoms with Crippen molar-refractivity contribution in [2.75, 3.05) is 0 Å². The fourth-order valence-electron chi connectivity index (χ4n) is 1.79. The molecule has 0 saturated heterocycles. The molecule has 2 atom stereocenters. The van der Waals surface area contributed by atoms with Gasteiger partial charge >= 0.3 is 0 Å². The molecule has 0 heterocycles. The lowest BCUT2D eigenvalue weighted by Gasteiger charge is -2.00. The van der Waals surface area contributed by atoms with Crippen molar-refractivity contribution >= 4 is 37.5 Å². The number of nitro benzene ring substituents is 1. The third-order valence-corrected chi connectivity index (χ3v) is 5.31. The summed E-state index contributed by atoms with van der Waals surface area (Å²) in [5, 5.41) is 10.5. The van der Waals surface area contributed by atoms with Crippen LogP contribution in [0.4, 0.5) is 5.69 Å². The molecule has 1 aromatic rings. The van der Waals surface area contributed by atoms with Gasteiger partial charge in [0.1, 0.15) is 0 Å². The SMILES string of the molecule is CC1C(c2ccc([N+](=O)[O-])cc2)C1(Br)Br. The van der Waals surface area contributed by atoms with Gasteiger partial charge < -0.3 is 0 Å². The summed E-state index contributed by atoms with van der Waals surface area (Å²) in [7, 11) is 0. The maximum atomic E-state index is 10.5. The quantitative estimate of drug-likeness (QED) is 0.469. The second-order valence-electron chi connectivity index (χ2n) is 3.79. The molecule has 1 aromatic carbocycles. The highest BCUT2D eigenvalue weighted by Crippen LogP contribution is 2.67. The average Bonchev–Trinajstić information content (AvgIpc) is 2.66. The summed E-state index contributed by atoms with van der Waals surface area (Å²) in [6, 6.07) is 6.75. The first-order chi connectivity index (χ1) is 6.94. The molecule has 0 N–H and O–H groups in total. The summed E-state index contributed by atoms with van der Waals surface area (Å²) in [5.74, 6) is 0.886. The highest BCUT2D eigenvalue weighted by molar-refractivity contribution is 9.25. The van der Waals surface area contributed by atoms with Crippen LogP contribution in [0.2, 0.25) is 0 Å². The second kappa shape index (κ2) is 3.56. The van der Waals surface area contributed by atoms with Gasteiger partial charge in [0, 0.05) is 18.1 Å². The molecule has 1 aliphatic carbocycles. The zero-order valence-corrected chi connectivity index (χ0v) is 11.2. The van der Waals surface area contributed by atoms with E-state index in [0.717, 1.165) is 5.56 Å². The first-order valence-corrected chi connectivity index (χ1v) is 6.15. The highest BCUT2D eigenvalue weighted by atomic mass is 79.9. The number of nitro groups is 1. The summed E-state index contributed by atoms with van der Waals surface area (Å²) >= 11 is 7.17. The fraction of sp³-hybridized carbons (Fsp3) is 0.400. The normalized spacial score (nSPS) is 27.4. The lowest BCUT2D eigenvalue weighted by Crippen LogP contribution is -1.90. The molecule has 80 valence electrons. The van der Waals surface area contributed by atoms with Crippen molar-refractivity contribution < 1.29 is 4.92 Å². The van der Waals surface area contributed by atoms with Crippen LogP contribution in [0.15, 0.2) is 24.3 Å². The number of benzene rings is 1. The van der Waals surface area contributed by atoms with E-state index in [9.17, 15) is 10.1 Å². The Morgan fingerprint density at radius 1 is 1.33 bits per heavy atom. The molecule has 3 nitrogen and oxygen atoms in total. The van der Waals surface area contributed by atoms with E-state index >= 15 is 0 Å². The second-order valence-corrected chi connectivity index (χ2v) is 7.48. The molecule has 0 aliphatic heterocycles. The highest BCUT2D eigenvalue weighted by Gasteiger charge is 2.59. The van der Waals surface area contributed by atoms with E-state index in [-0.39, 0.29) is 13.8 Å². The van der Waals surface area contributed by atoms with E-state index in [1.807, 2.05) is 12.1 Å². The average molecular weight is 335 g/mol. The van der Waals surface area contributed by atoms with Crippen molar-refractivity contribution in [1.82, 2.24) is 0 Å². The van der Waals surface area contributed by atoms with Gasteiger partial charge in [-0.3, -0.25) is 10.1 Å². The molecular weight excluding hydrogens is 326 g/mol. The van der Waals surface area contributed by atoms with Crippen LogP contribution in [0.5, 0.6) is 0 Å². The molecule has 0 aromatic heterocycles. The van der Waals surface area contributed by atoms with E-state index in [4.69, 9.17) is 0 Å².